The third-order valence-electron chi connectivity index (χ3n) is 3.35. The fourth-order valence-corrected chi connectivity index (χ4v) is 2.35. The van der Waals surface area contributed by atoms with Gasteiger partial charge in [-0.2, -0.15) is 0 Å². The molecule has 104 valence electrons. The normalized spacial score (nSPS) is 10.8. The van der Waals surface area contributed by atoms with Crippen LogP contribution >= 0.6 is 0 Å². The van der Waals surface area contributed by atoms with E-state index in [0.717, 1.165) is 34.6 Å². The van der Waals surface area contributed by atoms with Gasteiger partial charge in [0.15, 0.2) is 0 Å². The molecule has 3 nitrogen and oxygen atoms in total. The minimum absolute atomic E-state index is 0.910. The topological polar surface area (TPSA) is 40.0 Å². The van der Waals surface area contributed by atoms with Crippen LogP contribution in [0.4, 0.5) is 0 Å². The molecule has 0 spiro atoms. The Bertz CT molecular complexity index is 590. The summed E-state index contributed by atoms with van der Waals surface area (Å²) in [6.07, 6.45) is 1.38. The number of nitrogens with zero attached hydrogens (tertiary/aromatic N) is 2. The molecule has 0 aliphatic carbocycles. The average molecular weight is 267 g/mol. The van der Waals surface area contributed by atoms with Gasteiger partial charge in [0.2, 0.25) is 0 Å². The Morgan fingerprint density at radius 2 is 1.80 bits per heavy atom. The number of nitrogens with one attached hydrogen (secondary N) is 1. The van der Waals surface area contributed by atoms with Crippen LogP contribution in [0.15, 0.2) is 30.3 Å². The third kappa shape index (κ3) is 3.11. The predicted octanol–water partition coefficient (Wildman–Crippen LogP) is 3.42. The molecule has 0 unspecified atom stereocenters. The average Bonchev–Trinajstić information content (AvgIpc) is 2.38. The number of aryl methyl sites for hydroxylation is 2. The van der Waals surface area contributed by atoms with E-state index in [1.54, 1.807) is 0 Å². The Kier molecular flexibility index (Phi) is 4.30. The summed E-state index contributed by atoms with van der Waals surface area (Å²) in [5.74, 6) is 0. The van der Waals surface area contributed by atoms with Crippen molar-refractivity contribution in [1.82, 2.24) is 9.88 Å². The van der Waals surface area contributed by atoms with Gasteiger partial charge in [0.1, 0.15) is 0 Å². The molecule has 1 heterocycles. The van der Waals surface area contributed by atoms with Crippen LogP contribution in [0.5, 0.6) is 0 Å². The van der Waals surface area contributed by atoms with Gasteiger partial charge in [-0.25, -0.2) is 0 Å². The van der Waals surface area contributed by atoms with Crippen molar-refractivity contribution in [3.63, 3.8) is 0 Å². The number of hydrogen-bond acceptors (Lipinski definition) is 3. The number of rotatable bonds is 4. The lowest BCUT2D eigenvalue weighted by atomic mass is 10.0. The fourth-order valence-electron chi connectivity index (χ4n) is 2.35. The largest absolute Gasteiger partial charge is 0.308 e. The maximum Gasteiger partial charge on any atom is 0.0708 e. The van der Waals surface area contributed by atoms with Crippen molar-refractivity contribution in [2.75, 3.05) is 14.1 Å². The molecule has 3 heteroatoms. The summed E-state index contributed by atoms with van der Waals surface area (Å²) in [6, 6.07) is 10.6. The first-order chi connectivity index (χ1) is 9.51. The van der Waals surface area contributed by atoms with Gasteiger partial charge in [-0.05, 0) is 45.1 Å². The van der Waals surface area contributed by atoms with Crippen LogP contribution < -0.4 is 0 Å². The van der Waals surface area contributed by atoms with Crippen LogP contribution in [0.1, 0.15) is 22.4 Å². The summed E-state index contributed by atoms with van der Waals surface area (Å²) in [5.41, 5.74) is 6.31. The Morgan fingerprint density at radius 1 is 1.15 bits per heavy atom. The molecule has 2 rings (SSSR count). The Hall–Kier alpha value is -2.00. The number of hydrogen-bond donors (Lipinski definition) is 1. The summed E-state index contributed by atoms with van der Waals surface area (Å²) in [7, 11) is 4.14. The Labute approximate surface area is 120 Å². The molecule has 0 saturated heterocycles. The third-order valence-corrected chi connectivity index (χ3v) is 3.35. The number of benzene rings is 1. The number of pyridine rings is 1. The molecule has 0 amide bonds. The summed E-state index contributed by atoms with van der Waals surface area (Å²) < 4.78 is 0. The molecule has 0 radical (unpaired) electrons. The summed E-state index contributed by atoms with van der Waals surface area (Å²) in [6.45, 7) is 4.93. The van der Waals surface area contributed by atoms with E-state index in [1.807, 2.05) is 19.9 Å². The van der Waals surface area contributed by atoms with Crippen molar-refractivity contribution in [1.29, 1.82) is 5.41 Å². The van der Waals surface area contributed by atoms with E-state index in [-0.39, 0.29) is 0 Å². The molecule has 0 saturated carbocycles. The maximum absolute atomic E-state index is 7.42. The van der Waals surface area contributed by atoms with Crippen molar-refractivity contribution in [3.8, 4) is 11.3 Å². The first kappa shape index (κ1) is 14.4. The molecular formula is C17H21N3. The fraction of sp³-hybridized carbons (Fsp3) is 0.294. The Morgan fingerprint density at radius 3 is 2.30 bits per heavy atom. The highest BCUT2D eigenvalue weighted by atomic mass is 15.0. The predicted molar refractivity (Wildman–Crippen MR) is 84.4 cm³/mol. The molecule has 1 N–H and O–H groups in total. The second kappa shape index (κ2) is 5.97. The molecule has 0 atom stereocenters. The van der Waals surface area contributed by atoms with E-state index in [9.17, 15) is 0 Å². The van der Waals surface area contributed by atoms with Gasteiger partial charge in [-0.15, -0.1) is 0 Å². The van der Waals surface area contributed by atoms with E-state index < -0.39 is 0 Å². The monoisotopic (exact) mass is 267 g/mol. The van der Waals surface area contributed by atoms with E-state index in [1.165, 1.54) is 11.8 Å². The Balaban J connectivity index is 2.34. The van der Waals surface area contributed by atoms with Gasteiger partial charge in [0.25, 0.3) is 0 Å². The van der Waals surface area contributed by atoms with Gasteiger partial charge >= 0.3 is 0 Å². The lowest BCUT2D eigenvalue weighted by Crippen LogP contribution is -2.10. The van der Waals surface area contributed by atoms with E-state index >= 15 is 0 Å². The zero-order valence-electron chi connectivity index (χ0n) is 12.6. The SMILES string of the molecule is Cc1cc(-c2ccc(CN(C)C)cc2)nc(C)c1C=N. The molecule has 0 fully saturated rings. The highest BCUT2D eigenvalue weighted by molar-refractivity contribution is 5.81. The standard InChI is InChI=1S/C17H21N3/c1-12-9-17(19-13(2)16(12)10-18)15-7-5-14(6-8-15)11-20(3)4/h5-10,18H,11H2,1-4H3. The van der Waals surface area contributed by atoms with Crippen molar-refractivity contribution >= 4 is 6.21 Å². The molecule has 1 aromatic carbocycles. The smallest absolute Gasteiger partial charge is 0.0708 e. The van der Waals surface area contributed by atoms with Crippen molar-refractivity contribution in [2.24, 2.45) is 0 Å². The zero-order valence-corrected chi connectivity index (χ0v) is 12.6. The lowest BCUT2D eigenvalue weighted by molar-refractivity contribution is 0.402. The van der Waals surface area contributed by atoms with Crippen LogP contribution in [-0.4, -0.2) is 30.2 Å². The van der Waals surface area contributed by atoms with Crippen LogP contribution in [0.2, 0.25) is 0 Å². The summed E-state index contributed by atoms with van der Waals surface area (Å²) >= 11 is 0. The van der Waals surface area contributed by atoms with Gasteiger partial charge in [-0.1, -0.05) is 24.3 Å². The van der Waals surface area contributed by atoms with Crippen molar-refractivity contribution < 1.29 is 0 Å². The molecular weight excluding hydrogens is 246 g/mol. The van der Waals surface area contributed by atoms with E-state index in [4.69, 9.17) is 5.41 Å². The van der Waals surface area contributed by atoms with Crippen molar-refractivity contribution in [2.45, 2.75) is 20.4 Å². The summed E-state index contributed by atoms with van der Waals surface area (Å²) in [5, 5.41) is 7.42. The first-order valence-electron chi connectivity index (χ1n) is 6.74. The molecule has 20 heavy (non-hydrogen) atoms. The second-order valence-electron chi connectivity index (χ2n) is 5.40. The number of aromatic nitrogens is 1. The van der Waals surface area contributed by atoms with Crippen LogP contribution in [0, 0.1) is 19.3 Å². The van der Waals surface area contributed by atoms with Crippen molar-refractivity contribution in [3.05, 3.63) is 52.7 Å². The van der Waals surface area contributed by atoms with E-state index in [0.29, 0.717) is 0 Å². The van der Waals surface area contributed by atoms with Crippen LogP contribution in [0.3, 0.4) is 0 Å². The molecule has 0 aliphatic heterocycles. The highest BCUT2D eigenvalue weighted by Gasteiger charge is 2.06. The molecule has 0 aliphatic rings. The minimum atomic E-state index is 0.910. The van der Waals surface area contributed by atoms with Gasteiger partial charge in [0.05, 0.1) is 5.69 Å². The lowest BCUT2D eigenvalue weighted by Gasteiger charge is -2.11. The quantitative estimate of drug-likeness (QED) is 0.862. The van der Waals surface area contributed by atoms with Crippen LogP contribution in [-0.2, 0) is 6.54 Å². The van der Waals surface area contributed by atoms with Gasteiger partial charge in [-0.3, -0.25) is 4.98 Å². The highest BCUT2D eigenvalue weighted by Crippen LogP contribution is 2.22. The minimum Gasteiger partial charge on any atom is -0.308 e. The molecule has 1 aromatic heterocycles. The zero-order chi connectivity index (χ0) is 14.7. The van der Waals surface area contributed by atoms with Crippen LogP contribution in [0.25, 0.3) is 11.3 Å². The van der Waals surface area contributed by atoms with E-state index in [2.05, 4.69) is 48.2 Å². The second-order valence-corrected chi connectivity index (χ2v) is 5.40. The summed E-state index contributed by atoms with van der Waals surface area (Å²) in [4.78, 5) is 6.76. The first-order valence-corrected chi connectivity index (χ1v) is 6.74. The molecule has 0 bridgehead atoms. The van der Waals surface area contributed by atoms with Gasteiger partial charge < -0.3 is 10.3 Å². The molecule has 2 aromatic rings. The maximum atomic E-state index is 7.42. The van der Waals surface area contributed by atoms with Gasteiger partial charge in [0, 0.05) is 29.6 Å².